The van der Waals surface area contributed by atoms with Gasteiger partial charge in [0.15, 0.2) is 0 Å². The highest BCUT2D eigenvalue weighted by molar-refractivity contribution is 5.38. The van der Waals surface area contributed by atoms with Crippen LogP contribution in [0, 0.1) is 12.8 Å². The maximum atomic E-state index is 5.71. The molecule has 1 fully saturated rings. The van der Waals surface area contributed by atoms with Crippen molar-refractivity contribution in [1.82, 2.24) is 14.9 Å². The second-order valence-corrected chi connectivity index (χ2v) is 5.50. The van der Waals surface area contributed by atoms with Crippen molar-refractivity contribution in [2.75, 3.05) is 44.2 Å². The van der Waals surface area contributed by atoms with Crippen molar-refractivity contribution in [1.29, 1.82) is 0 Å². The average Bonchev–Trinajstić information content (AvgIpc) is 2.64. The van der Waals surface area contributed by atoms with Crippen LogP contribution in [0.5, 0.6) is 0 Å². The molecular weight excluding hydrogens is 238 g/mol. The molecule has 19 heavy (non-hydrogen) atoms. The highest BCUT2D eigenvalue weighted by atomic mass is 15.2. The Labute approximate surface area is 115 Å². The minimum Gasteiger partial charge on any atom is -0.355 e. The van der Waals surface area contributed by atoms with Crippen molar-refractivity contribution in [3.05, 3.63) is 18.1 Å². The molecule has 2 N–H and O–H groups in total. The Bertz CT molecular complexity index is 395. The number of hydrogen-bond donors (Lipinski definition) is 1. The van der Waals surface area contributed by atoms with Crippen molar-refractivity contribution in [2.45, 2.75) is 20.3 Å². The molecule has 2 rings (SSSR count). The smallest absolute Gasteiger partial charge is 0.132 e. The molecule has 0 aromatic carbocycles. The van der Waals surface area contributed by atoms with E-state index in [-0.39, 0.29) is 0 Å². The molecule has 2 heterocycles. The van der Waals surface area contributed by atoms with Crippen LogP contribution in [0.25, 0.3) is 0 Å². The minimum atomic E-state index is 0.577. The summed E-state index contributed by atoms with van der Waals surface area (Å²) in [6.07, 6.45) is 2.84. The molecule has 1 aliphatic heterocycles. The van der Waals surface area contributed by atoms with E-state index in [1.165, 1.54) is 6.42 Å². The zero-order valence-electron chi connectivity index (χ0n) is 12.0. The van der Waals surface area contributed by atoms with E-state index in [1.807, 2.05) is 6.92 Å². The third-order valence-electron chi connectivity index (χ3n) is 3.67. The first kappa shape index (κ1) is 14.2. The number of aryl methyl sites for hydroxylation is 1. The molecule has 1 aliphatic rings. The second kappa shape index (κ2) is 6.82. The molecule has 0 spiro atoms. The first-order chi connectivity index (χ1) is 9.19. The highest BCUT2D eigenvalue weighted by Crippen LogP contribution is 2.14. The Balaban J connectivity index is 1.93. The zero-order chi connectivity index (χ0) is 13.7. The quantitative estimate of drug-likeness (QED) is 0.874. The third-order valence-corrected chi connectivity index (χ3v) is 3.67. The number of rotatable bonds is 4. The molecule has 0 radical (unpaired) electrons. The summed E-state index contributed by atoms with van der Waals surface area (Å²) in [4.78, 5) is 13.4. The van der Waals surface area contributed by atoms with E-state index >= 15 is 0 Å². The molecular formula is C14H25N5. The van der Waals surface area contributed by atoms with Gasteiger partial charge < -0.3 is 15.5 Å². The van der Waals surface area contributed by atoms with Crippen LogP contribution < -0.4 is 10.6 Å². The number of aromatic nitrogens is 2. The van der Waals surface area contributed by atoms with Gasteiger partial charge in [0.25, 0.3) is 0 Å². The van der Waals surface area contributed by atoms with Gasteiger partial charge in [-0.05, 0) is 32.4 Å². The third kappa shape index (κ3) is 4.14. The van der Waals surface area contributed by atoms with Crippen LogP contribution in [0.2, 0.25) is 0 Å². The van der Waals surface area contributed by atoms with Gasteiger partial charge in [0.2, 0.25) is 0 Å². The molecule has 1 saturated heterocycles. The van der Waals surface area contributed by atoms with E-state index in [9.17, 15) is 0 Å². The van der Waals surface area contributed by atoms with Crippen LogP contribution in [-0.2, 0) is 0 Å². The summed E-state index contributed by atoms with van der Waals surface area (Å²) in [5.74, 6) is 1.63. The number of anilines is 1. The lowest BCUT2D eigenvalue weighted by molar-refractivity contribution is 0.255. The Kier molecular flexibility index (Phi) is 5.10. The van der Waals surface area contributed by atoms with Crippen LogP contribution in [-0.4, -0.2) is 54.1 Å². The molecule has 0 aliphatic carbocycles. The van der Waals surface area contributed by atoms with Gasteiger partial charge in [-0.1, -0.05) is 6.92 Å². The van der Waals surface area contributed by atoms with Crippen molar-refractivity contribution < 1.29 is 0 Å². The minimum absolute atomic E-state index is 0.577. The standard InChI is InChI=1S/C14H25N5/c1-12(9-15)10-18-4-3-5-19(7-6-18)14-8-13(2)16-11-17-14/h8,11-12H,3-7,9-10,15H2,1-2H3. The first-order valence-corrected chi connectivity index (χ1v) is 7.15. The van der Waals surface area contributed by atoms with Crippen LogP contribution in [0.3, 0.4) is 0 Å². The lowest BCUT2D eigenvalue weighted by Crippen LogP contribution is -2.35. The molecule has 1 atom stereocenters. The molecule has 0 amide bonds. The summed E-state index contributed by atoms with van der Waals surface area (Å²) < 4.78 is 0. The number of nitrogens with two attached hydrogens (primary N) is 1. The molecule has 1 aromatic heterocycles. The summed E-state index contributed by atoms with van der Waals surface area (Å²) in [6, 6.07) is 2.07. The maximum Gasteiger partial charge on any atom is 0.132 e. The Hall–Kier alpha value is -1.20. The summed E-state index contributed by atoms with van der Waals surface area (Å²) in [5.41, 5.74) is 6.74. The summed E-state index contributed by atoms with van der Waals surface area (Å²) in [5, 5.41) is 0. The van der Waals surface area contributed by atoms with E-state index in [0.717, 1.165) is 50.8 Å². The van der Waals surface area contributed by atoms with Gasteiger partial charge >= 0.3 is 0 Å². The van der Waals surface area contributed by atoms with Crippen LogP contribution in [0.1, 0.15) is 19.0 Å². The van der Waals surface area contributed by atoms with Gasteiger partial charge in [-0.3, -0.25) is 0 Å². The van der Waals surface area contributed by atoms with Crippen molar-refractivity contribution in [2.24, 2.45) is 11.7 Å². The molecule has 5 nitrogen and oxygen atoms in total. The van der Waals surface area contributed by atoms with E-state index < -0.39 is 0 Å². The normalized spacial score (nSPS) is 19.2. The largest absolute Gasteiger partial charge is 0.355 e. The van der Waals surface area contributed by atoms with Crippen LogP contribution in [0.4, 0.5) is 5.82 Å². The Morgan fingerprint density at radius 3 is 2.84 bits per heavy atom. The summed E-state index contributed by atoms with van der Waals surface area (Å²) >= 11 is 0. The van der Waals surface area contributed by atoms with E-state index in [4.69, 9.17) is 5.73 Å². The fraction of sp³-hybridized carbons (Fsp3) is 0.714. The monoisotopic (exact) mass is 263 g/mol. The van der Waals surface area contributed by atoms with Crippen molar-refractivity contribution in [3.8, 4) is 0 Å². The van der Waals surface area contributed by atoms with Gasteiger partial charge in [0.1, 0.15) is 12.1 Å². The van der Waals surface area contributed by atoms with Gasteiger partial charge in [-0.15, -0.1) is 0 Å². The Morgan fingerprint density at radius 2 is 2.11 bits per heavy atom. The first-order valence-electron chi connectivity index (χ1n) is 7.15. The molecule has 1 aromatic rings. The van der Waals surface area contributed by atoms with Crippen molar-refractivity contribution in [3.63, 3.8) is 0 Å². The molecule has 106 valence electrons. The predicted octanol–water partition coefficient (Wildman–Crippen LogP) is 0.892. The molecule has 0 bridgehead atoms. The second-order valence-electron chi connectivity index (χ2n) is 5.50. The van der Waals surface area contributed by atoms with Crippen molar-refractivity contribution >= 4 is 5.82 Å². The summed E-state index contributed by atoms with van der Waals surface area (Å²) in [6.45, 7) is 10.5. The molecule has 0 saturated carbocycles. The van der Waals surface area contributed by atoms with Crippen LogP contribution in [0.15, 0.2) is 12.4 Å². The fourth-order valence-corrected chi connectivity index (χ4v) is 2.51. The Morgan fingerprint density at radius 1 is 1.26 bits per heavy atom. The van der Waals surface area contributed by atoms with Gasteiger partial charge in [-0.2, -0.15) is 0 Å². The summed E-state index contributed by atoms with van der Waals surface area (Å²) in [7, 11) is 0. The van der Waals surface area contributed by atoms with E-state index in [0.29, 0.717) is 5.92 Å². The van der Waals surface area contributed by atoms with Gasteiger partial charge in [-0.25, -0.2) is 9.97 Å². The predicted molar refractivity (Wildman–Crippen MR) is 78.3 cm³/mol. The van der Waals surface area contributed by atoms with Gasteiger partial charge in [0.05, 0.1) is 0 Å². The van der Waals surface area contributed by atoms with E-state index in [1.54, 1.807) is 6.33 Å². The number of hydrogen-bond acceptors (Lipinski definition) is 5. The topological polar surface area (TPSA) is 58.3 Å². The lowest BCUT2D eigenvalue weighted by Gasteiger charge is -2.24. The fourth-order valence-electron chi connectivity index (χ4n) is 2.51. The highest BCUT2D eigenvalue weighted by Gasteiger charge is 2.17. The molecule has 5 heteroatoms. The zero-order valence-corrected chi connectivity index (χ0v) is 12.0. The number of nitrogens with zero attached hydrogens (tertiary/aromatic N) is 4. The molecule has 1 unspecified atom stereocenters. The average molecular weight is 263 g/mol. The maximum absolute atomic E-state index is 5.71. The lowest BCUT2D eigenvalue weighted by atomic mass is 10.1. The van der Waals surface area contributed by atoms with E-state index in [2.05, 4.69) is 32.8 Å². The van der Waals surface area contributed by atoms with Gasteiger partial charge in [0, 0.05) is 37.9 Å². The van der Waals surface area contributed by atoms with Crippen LogP contribution >= 0.6 is 0 Å². The SMILES string of the molecule is Cc1cc(N2CCCN(CC(C)CN)CC2)ncn1.